The SMILES string of the molecule is COC(=O)/C=C1/S/C(=N\N=Cc2ccc(F)c(OC(F)(F)F)c2F)NC1=O. The van der Waals surface area contributed by atoms with Gasteiger partial charge in [0.05, 0.1) is 18.2 Å². The summed E-state index contributed by atoms with van der Waals surface area (Å²) in [5.74, 6) is -6.25. The lowest BCUT2D eigenvalue weighted by molar-refractivity contribution is -0.276. The van der Waals surface area contributed by atoms with E-state index in [0.29, 0.717) is 12.3 Å². The van der Waals surface area contributed by atoms with Crippen molar-refractivity contribution < 1.29 is 41.0 Å². The fourth-order valence-electron chi connectivity index (χ4n) is 1.64. The van der Waals surface area contributed by atoms with E-state index in [1.54, 1.807) is 0 Å². The van der Waals surface area contributed by atoms with Crippen LogP contribution in [-0.2, 0) is 14.3 Å². The van der Waals surface area contributed by atoms with Gasteiger partial charge in [0.2, 0.25) is 5.75 Å². The highest BCUT2D eigenvalue weighted by Crippen LogP contribution is 2.30. The van der Waals surface area contributed by atoms with E-state index < -0.39 is 41.2 Å². The third-order valence-corrected chi connectivity index (χ3v) is 3.64. The molecule has 0 unspecified atom stereocenters. The molecule has 7 nitrogen and oxygen atoms in total. The van der Waals surface area contributed by atoms with E-state index in [1.807, 2.05) is 0 Å². The van der Waals surface area contributed by atoms with Crippen molar-refractivity contribution in [1.29, 1.82) is 0 Å². The Bertz CT molecular complexity index is 867. The van der Waals surface area contributed by atoms with Crippen molar-refractivity contribution in [2.24, 2.45) is 10.2 Å². The molecule has 144 valence electrons. The van der Waals surface area contributed by atoms with Gasteiger partial charge in [0.1, 0.15) is 0 Å². The van der Waals surface area contributed by atoms with Gasteiger partial charge in [-0.3, -0.25) is 10.1 Å². The van der Waals surface area contributed by atoms with Gasteiger partial charge >= 0.3 is 12.3 Å². The molecule has 0 spiro atoms. The molecule has 0 saturated carbocycles. The van der Waals surface area contributed by atoms with E-state index in [0.717, 1.165) is 31.0 Å². The second-order valence-electron chi connectivity index (χ2n) is 4.57. The Kier molecular flexibility index (Phi) is 6.15. The molecule has 2 rings (SSSR count). The number of esters is 1. The fraction of sp³-hybridized carbons (Fsp3) is 0.143. The standard InChI is InChI=1S/C14H8F5N3O4S/c1-25-9(23)4-8-12(24)21-13(27-8)22-20-5-6-2-3-7(15)11(10(6)16)26-14(17,18)19/h2-5H,1H3,(H,21,22,24)/b8-4+,20-5?. The van der Waals surface area contributed by atoms with Crippen LogP contribution in [0.5, 0.6) is 5.75 Å². The van der Waals surface area contributed by atoms with Crippen LogP contribution in [0.3, 0.4) is 0 Å². The predicted octanol–water partition coefficient (Wildman–Crippen LogP) is 2.47. The summed E-state index contributed by atoms with van der Waals surface area (Å²) in [6, 6.07) is 1.38. The minimum atomic E-state index is -5.29. The molecule has 27 heavy (non-hydrogen) atoms. The lowest BCUT2D eigenvalue weighted by Crippen LogP contribution is -2.19. The second-order valence-corrected chi connectivity index (χ2v) is 5.60. The molecule has 1 heterocycles. The summed E-state index contributed by atoms with van der Waals surface area (Å²) < 4.78 is 71.5. The van der Waals surface area contributed by atoms with Crippen LogP contribution in [0, 0.1) is 11.6 Å². The zero-order chi connectivity index (χ0) is 20.2. The summed E-state index contributed by atoms with van der Waals surface area (Å²) in [6.45, 7) is 0. The molecule has 0 aromatic heterocycles. The average Bonchev–Trinajstić information content (AvgIpc) is 2.92. The largest absolute Gasteiger partial charge is 0.573 e. The maximum atomic E-state index is 13.9. The zero-order valence-corrected chi connectivity index (χ0v) is 14.0. The van der Waals surface area contributed by atoms with Gasteiger partial charge in [0.15, 0.2) is 16.8 Å². The lowest BCUT2D eigenvalue weighted by atomic mass is 10.2. The van der Waals surface area contributed by atoms with Crippen molar-refractivity contribution in [3.63, 3.8) is 0 Å². The van der Waals surface area contributed by atoms with E-state index in [2.05, 4.69) is 25.0 Å². The maximum absolute atomic E-state index is 13.9. The van der Waals surface area contributed by atoms with Crippen molar-refractivity contribution in [2.75, 3.05) is 7.11 Å². The predicted molar refractivity (Wildman–Crippen MR) is 83.9 cm³/mol. The molecule has 1 fully saturated rings. The fourth-order valence-corrected chi connectivity index (χ4v) is 2.38. The molecule has 1 amide bonds. The van der Waals surface area contributed by atoms with Gasteiger partial charge < -0.3 is 9.47 Å². The molecule has 1 aromatic carbocycles. The Labute approximate surface area is 151 Å². The molecule has 0 radical (unpaired) electrons. The van der Waals surface area contributed by atoms with Crippen molar-refractivity contribution in [3.05, 3.63) is 40.3 Å². The first-order chi connectivity index (χ1) is 12.6. The normalized spacial score (nSPS) is 17.6. The Morgan fingerprint density at radius 2 is 2.00 bits per heavy atom. The molecule has 1 aromatic rings. The number of nitrogens with one attached hydrogen (secondary N) is 1. The molecule has 1 saturated heterocycles. The Morgan fingerprint density at radius 3 is 2.63 bits per heavy atom. The van der Waals surface area contributed by atoms with Crippen molar-refractivity contribution >= 4 is 35.0 Å². The third kappa shape index (κ3) is 5.51. The van der Waals surface area contributed by atoms with Crippen molar-refractivity contribution in [3.8, 4) is 5.75 Å². The van der Waals surface area contributed by atoms with E-state index >= 15 is 0 Å². The molecule has 0 atom stereocenters. The van der Waals surface area contributed by atoms with Crippen LogP contribution in [0.1, 0.15) is 5.56 Å². The molecule has 13 heteroatoms. The first-order valence-corrected chi connectivity index (χ1v) is 7.56. The molecular formula is C14H8F5N3O4S. The smallest absolute Gasteiger partial charge is 0.466 e. The number of nitrogens with zero attached hydrogens (tertiary/aromatic N) is 2. The number of alkyl halides is 3. The zero-order valence-electron chi connectivity index (χ0n) is 13.1. The lowest BCUT2D eigenvalue weighted by Gasteiger charge is -2.11. The number of amidine groups is 1. The highest BCUT2D eigenvalue weighted by Gasteiger charge is 2.34. The van der Waals surface area contributed by atoms with Crippen molar-refractivity contribution in [2.45, 2.75) is 6.36 Å². The molecular weight excluding hydrogens is 401 g/mol. The van der Waals surface area contributed by atoms with Crippen LogP contribution in [0.4, 0.5) is 22.0 Å². The first kappa shape index (κ1) is 20.4. The van der Waals surface area contributed by atoms with Crippen LogP contribution in [0.2, 0.25) is 0 Å². The molecule has 0 bridgehead atoms. The highest BCUT2D eigenvalue weighted by atomic mass is 32.2. The third-order valence-electron chi connectivity index (χ3n) is 2.74. The van der Waals surface area contributed by atoms with Gasteiger partial charge in [-0.1, -0.05) is 0 Å². The number of amides is 1. The number of carbonyl (C=O) groups excluding carboxylic acids is 2. The summed E-state index contributed by atoms with van der Waals surface area (Å²) in [5, 5.41) is 9.09. The van der Waals surface area contributed by atoms with Gasteiger partial charge in [0, 0.05) is 11.6 Å². The minimum absolute atomic E-state index is 0.0374. The van der Waals surface area contributed by atoms with Gasteiger partial charge in [-0.25, -0.2) is 13.6 Å². The number of hydrogen-bond acceptors (Lipinski definition) is 7. The number of halogens is 5. The Hall–Kier alpha value is -2.96. The minimum Gasteiger partial charge on any atom is -0.466 e. The quantitative estimate of drug-likeness (QED) is 0.271. The van der Waals surface area contributed by atoms with Crippen LogP contribution >= 0.6 is 11.8 Å². The van der Waals surface area contributed by atoms with Gasteiger partial charge in [-0.2, -0.15) is 5.10 Å². The van der Waals surface area contributed by atoms with E-state index in [-0.39, 0.29) is 10.1 Å². The molecule has 1 N–H and O–H groups in total. The van der Waals surface area contributed by atoms with E-state index in [9.17, 15) is 31.5 Å². The monoisotopic (exact) mass is 409 g/mol. The van der Waals surface area contributed by atoms with Gasteiger partial charge in [0.25, 0.3) is 5.91 Å². The number of rotatable bonds is 4. The Balaban J connectivity index is 2.18. The molecule has 0 aliphatic carbocycles. The van der Waals surface area contributed by atoms with Crippen LogP contribution in [0.15, 0.2) is 33.3 Å². The number of carbonyl (C=O) groups is 2. The number of ether oxygens (including phenoxy) is 2. The second kappa shape index (κ2) is 8.16. The Morgan fingerprint density at radius 1 is 1.30 bits per heavy atom. The molecule has 1 aliphatic rings. The first-order valence-electron chi connectivity index (χ1n) is 6.74. The van der Waals surface area contributed by atoms with Crippen LogP contribution in [-0.4, -0.2) is 36.7 Å². The summed E-state index contributed by atoms with van der Waals surface area (Å²) in [7, 11) is 1.12. The topological polar surface area (TPSA) is 89.3 Å². The van der Waals surface area contributed by atoms with Gasteiger partial charge in [-0.05, 0) is 23.9 Å². The highest BCUT2D eigenvalue weighted by molar-refractivity contribution is 8.18. The summed E-state index contributed by atoms with van der Waals surface area (Å²) in [5.41, 5.74) is -0.542. The number of methoxy groups -OCH3 is 1. The summed E-state index contributed by atoms with van der Waals surface area (Å²) in [6.07, 6.45) is -3.68. The van der Waals surface area contributed by atoms with Crippen LogP contribution in [0.25, 0.3) is 0 Å². The molecule has 1 aliphatic heterocycles. The maximum Gasteiger partial charge on any atom is 0.573 e. The average molecular weight is 409 g/mol. The van der Waals surface area contributed by atoms with E-state index in [4.69, 9.17) is 0 Å². The number of hydrogen-bond donors (Lipinski definition) is 1. The summed E-state index contributed by atoms with van der Waals surface area (Å²) >= 11 is 0.724. The number of benzene rings is 1. The number of thioether (sulfide) groups is 1. The van der Waals surface area contributed by atoms with Crippen LogP contribution < -0.4 is 10.1 Å². The van der Waals surface area contributed by atoms with E-state index in [1.165, 1.54) is 0 Å². The van der Waals surface area contributed by atoms with Gasteiger partial charge in [-0.15, -0.1) is 18.3 Å². The summed E-state index contributed by atoms with van der Waals surface area (Å²) in [4.78, 5) is 22.6. The van der Waals surface area contributed by atoms with Crippen molar-refractivity contribution in [1.82, 2.24) is 5.32 Å².